The lowest BCUT2D eigenvalue weighted by Crippen LogP contribution is -2.42. The van der Waals surface area contributed by atoms with Crippen LogP contribution in [0.2, 0.25) is 0 Å². The summed E-state index contributed by atoms with van der Waals surface area (Å²) < 4.78 is 50.5. The maximum Gasteiger partial charge on any atom is 0.324 e. The van der Waals surface area contributed by atoms with Crippen LogP contribution < -0.4 is 15.2 Å². The van der Waals surface area contributed by atoms with Crippen molar-refractivity contribution in [3.05, 3.63) is 59.9 Å². The van der Waals surface area contributed by atoms with E-state index in [0.29, 0.717) is 11.3 Å². The van der Waals surface area contributed by atoms with E-state index in [2.05, 4.69) is 4.72 Å². The summed E-state index contributed by atoms with van der Waals surface area (Å²) in [7, 11) is -2.63. The van der Waals surface area contributed by atoms with Gasteiger partial charge >= 0.3 is 5.97 Å². The minimum atomic E-state index is -4.07. The van der Waals surface area contributed by atoms with Crippen LogP contribution in [0, 0.1) is 5.82 Å². The van der Waals surface area contributed by atoms with Gasteiger partial charge in [-0.15, -0.1) is 0 Å². The van der Waals surface area contributed by atoms with Crippen LogP contribution >= 0.6 is 0 Å². The van der Waals surface area contributed by atoms with Crippen molar-refractivity contribution in [2.75, 3.05) is 7.11 Å². The van der Waals surface area contributed by atoms with Crippen molar-refractivity contribution in [1.82, 2.24) is 4.72 Å². The molecule has 2 aromatic carbocycles. The molecule has 0 aliphatic rings. The summed E-state index contributed by atoms with van der Waals surface area (Å²) in [6, 6.07) is 9.51. The number of ether oxygens (including phenoxy) is 2. The maximum atomic E-state index is 12.9. The van der Waals surface area contributed by atoms with Crippen molar-refractivity contribution in [2.24, 2.45) is 5.73 Å². The number of esters is 1. The van der Waals surface area contributed by atoms with Crippen LogP contribution in [-0.4, -0.2) is 33.4 Å². The largest absolute Gasteiger partial charge is 0.497 e. The van der Waals surface area contributed by atoms with Gasteiger partial charge in [0.1, 0.15) is 24.2 Å². The highest BCUT2D eigenvalue weighted by atomic mass is 32.2. The summed E-state index contributed by atoms with van der Waals surface area (Å²) in [4.78, 5) is 23.4. The molecule has 156 valence electrons. The molecule has 0 aromatic heterocycles. The summed E-state index contributed by atoms with van der Waals surface area (Å²) in [5, 5.41) is 0. The zero-order valence-electron chi connectivity index (χ0n) is 15.6. The standard InChI is InChI=1S/C19H21FN2O6S/c1-27-15-6-8-16(9-7-15)29(25,26)22-17(10-11-18(21)23)19(24)28-12-13-2-4-14(20)5-3-13/h2-9,17,22H,10-12H2,1H3,(H2,21,23)/t17-/m0/s1. The van der Waals surface area contributed by atoms with Crippen LogP contribution in [0.5, 0.6) is 5.75 Å². The number of halogens is 1. The lowest BCUT2D eigenvalue weighted by Gasteiger charge is -2.17. The molecule has 0 aliphatic carbocycles. The molecule has 0 radical (unpaired) electrons. The van der Waals surface area contributed by atoms with Crippen LogP contribution in [0.15, 0.2) is 53.4 Å². The predicted molar refractivity (Wildman–Crippen MR) is 102 cm³/mol. The molecule has 2 rings (SSSR count). The quantitative estimate of drug-likeness (QED) is 0.557. The predicted octanol–water partition coefficient (Wildman–Crippen LogP) is 1.49. The normalized spacial score (nSPS) is 12.2. The molecule has 1 atom stereocenters. The van der Waals surface area contributed by atoms with Crippen molar-refractivity contribution in [1.29, 1.82) is 0 Å². The first-order valence-electron chi connectivity index (χ1n) is 8.57. The zero-order valence-corrected chi connectivity index (χ0v) is 16.4. The second-order valence-electron chi connectivity index (χ2n) is 6.09. The molecule has 0 heterocycles. The molecule has 10 heteroatoms. The average molecular weight is 424 g/mol. The number of amides is 1. The van der Waals surface area contributed by atoms with E-state index in [-0.39, 0.29) is 24.3 Å². The molecule has 0 saturated carbocycles. The number of methoxy groups -OCH3 is 1. The van der Waals surface area contributed by atoms with Crippen molar-refractivity contribution in [3.8, 4) is 5.75 Å². The third kappa shape index (κ3) is 6.84. The second-order valence-corrected chi connectivity index (χ2v) is 7.80. The Morgan fingerprint density at radius 3 is 2.28 bits per heavy atom. The minimum Gasteiger partial charge on any atom is -0.497 e. The molecule has 0 unspecified atom stereocenters. The van der Waals surface area contributed by atoms with Gasteiger partial charge in [-0.25, -0.2) is 12.8 Å². The van der Waals surface area contributed by atoms with Gasteiger partial charge in [-0.05, 0) is 48.4 Å². The zero-order chi connectivity index (χ0) is 21.4. The van der Waals surface area contributed by atoms with Gasteiger partial charge in [0.25, 0.3) is 0 Å². The first-order valence-corrected chi connectivity index (χ1v) is 10.1. The third-order valence-electron chi connectivity index (χ3n) is 3.93. The SMILES string of the molecule is COc1ccc(S(=O)(=O)N[C@@H](CCC(N)=O)C(=O)OCc2ccc(F)cc2)cc1. The number of nitrogens with one attached hydrogen (secondary N) is 1. The molecular weight excluding hydrogens is 403 g/mol. The highest BCUT2D eigenvalue weighted by Gasteiger charge is 2.27. The molecule has 0 bridgehead atoms. The van der Waals surface area contributed by atoms with E-state index in [1.807, 2.05) is 0 Å². The lowest BCUT2D eigenvalue weighted by molar-refractivity contribution is -0.147. The number of nitrogens with two attached hydrogens (primary N) is 1. The Hall–Kier alpha value is -2.98. The summed E-state index contributed by atoms with van der Waals surface area (Å²) in [6.07, 6.45) is -0.394. The molecule has 2 aromatic rings. The Balaban J connectivity index is 2.11. The first kappa shape index (κ1) is 22.3. The van der Waals surface area contributed by atoms with Crippen LogP contribution in [0.4, 0.5) is 4.39 Å². The van der Waals surface area contributed by atoms with Crippen LogP contribution in [0.25, 0.3) is 0 Å². The monoisotopic (exact) mass is 424 g/mol. The number of carbonyl (C=O) groups excluding carboxylic acids is 2. The first-order chi connectivity index (χ1) is 13.7. The fourth-order valence-corrected chi connectivity index (χ4v) is 3.58. The van der Waals surface area contributed by atoms with E-state index < -0.39 is 33.8 Å². The van der Waals surface area contributed by atoms with Gasteiger partial charge in [0.15, 0.2) is 0 Å². The Morgan fingerprint density at radius 1 is 1.10 bits per heavy atom. The number of benzene rings is 2. The molecule has 29 heavy (non-hydrogen) atoms. The summed E-state index contributed by atoms with van der Waals surface area (Å²) in [5.41, 5.74) is 5.63. The summed E-state index contributed by atoms with van der Waals surface area (Å²) >= 11 is 0. The highest BCUT2D eigenvalue weighted by molar-refractivity contribution is 7.89. The molecule has 0 spiro atoms. The summed E-state index contributed by atoms with van der Waals surface area (Å²) in [5.74, 6) is -1.54. The Morgan fingerprint density at radius 2 is 1.72 bits per heavy atom. The van der Waals surface area contributed by atoms with Crippen LogP contribution in [0.3, 0.4) is 0 Å². The molecule has 1 amide bonds. The van der Waals surface area contributed by atoms with Gasteiger partial charge in [0.2, 0.25) is 15.9 Å². The topological polar surface area (TPSA) is 125 Å². The Kier molecular flexibility index (Phi) is 7.68. The maximum absolute atomic E-state index is 12.9. The average Bonchev–Trinajstić information content (AvgIpc) is 2.70. The molecule has 0 aliphatic heterocycles. The number of rotatable bonds is 10. The van der Waals surface area contributed by atoms with Crippen molar-refractivity contribution in [3.63, 3.8) is 0 Å². The van der Waals surface area contributed by atoms with E-state index in [9.17, 15) is 22.4 Å². The van der Waals surface area contributed by atoms with Gasteiger partial charge in [0.05, 0.1) is 12.0 Å². The van der Waals surface area contributed by atoms with E-state index in [1.165, 1.54) is 55.6 Å². The number of primary amides is 1. The fraction of sp³-hybridized carbons (Fsp3) is 0.263. The highest BCUT2D eigenvalue weighted by Crippen LogP contribution is 2.17. The van der Waals surface area contributed by atoms with Crippen molar-refractivity contribution in [2.45, 2.75) is 30.4 Å². The minimum absolute atomic E-state index is 0.0892. The molecule has 8 nitrogen and oxygen atoms in total. The van der Waals surface area contributed by atoms with Gasteiger partial charge in [-0.3, -0.25) is 9.59 Å². The van der Waals surface area contributed by atoms with Gasteiger partial charge in [-0.1, -0.05) is 12.1 Å². The molecule has 0 saturated heterocycles. The van der Waals surface area contributed by atoms with Gasteiger partial charge in [0, 0.05) is 6.42 Å². The smallest absolute Gasteiger partial charge is 0.324 e. The van der Waals surface area contributed by atoms with Crippen LogP contribution in [-0.2, 0) is 31.0 Å². The lowest BCUT2D eigenvalue weighted by atomic mass is 10.1. The van der Waals surface area contributed by atoms with Gasteiger partial charge in [-0.2, -0.15) is 4.72 Å². The summed E-state index contributed by atoms with van der Waals surface area (Å²) in [6.45, 7) is -0.184. The van der Waals surface area contributed by atoms with Crippen molar-refractivity contribution < 1.29 is 31.9 Å². The van der Waals surface area contributed by atoms with Crippen molar-refractivity contribution >= 4 is 21.9 Å². The second kappa shape index (κ2) is 9.99. The number of hydrogen-bond acceptors (Lipinski definition) is 6. The Bertz CT molecular complexity index is 946. The van der Waals surface area contributed by atoms with Gasteiger partial charge < -0.3 is 15.2 Å². The molecule has 0 fully saturated rings. The number of hydrogen-bond donors (Lipinski definition) is 2. The van der Waals surface area contributed by atoms with Crippen LogP contribution in [0.1, 0.15) is 18.4 Å². The van der Waals surface area contributed by atoms with E-state index in [1.54, 1.807) is 0 Å². The fourth-order valence-electron chi connectivity index (χ4n) is 2.36. The van der Waals surface area contributed by atoms with E-state index >= 15 is 0 Å². The molecular formula is C19H21FN2O6S. The Labute approximate surface area is 167 Å². The van der Waals surface area contributed by atoms with E-state index in [4.69, 9.17) is 15.2 Å². The number of carbonyl (C=O) groups is 2. The number of sulfonamides is 1. The third-order valence-corrected chi connectivity index (χ3v) is 5.41. The van der Waals surface area contributed by atoms with E-state index in [0.717, 1.165) is 0 Å². The molecule has 3 N–H and O–H groups in total.